The van der Waals surface area contributed by atoms with Gasteiger partial charge in [0.05, 0.1) is 12.2 Å². The fourth-order valence-electron chi connectivity index (χ4n) is 2.78. The lowest BCUT2D eigenvalue weighted by Gasteiger charge is -2.17. The smallest absolute Gasteiger partial charge is 0.243 e. The highest BCUT2D eigenvalue weighted by Gasteiger charge is 2.31. The van der Waals surface area contributed by atoms with Gasteiger partial charge in [0.15, 0.2) is 17.5 Å². The number of nitrogens with two attached hydrogens (primary N) is 1. The first-order valence-corrected chi connectivity index (χ1v) is 7.35. The number of benzene rings is 1. The standard InChI is InChI=1S/C15H18F3N3O2/c16-10-4-5-11(14(18)13(10)17)21-12(22)7-20-15(23)9-3-1-2-8(9)6-19/h4-5,8-9H,1-3,6-7,19H2,(H,20,23)(H,21,22)/t8-,9-/m1/s1. The first-order valence-electron chi connectivity index (χ1n) is 7.35. The van der Waals surface area contributed by atoms with Gasteiger partial charge in [0.1, 0.15) is 0 Å². The molecular weight excluding hydrogens is 311 g/mol. The molecule has 4 N–H and O–H groups in total. The minimum absolute atomic E-state index is 0.0988. The average molecular weight is 329 g/mol. The van der Waals surface area contributed by atoms with Crippen LogP contribution in [0.1, 0.15) is 19.3 Å². The molecule has 0 aromatic heterocycles. The molecule has 1 aliphatic rings. The van der Waals surface area contributed by atoms with Crippen LogP contribution in [0.5, 0.6) is 0 Å². The summed E-state index contributed by atoms with van der Waals surface area (Å²) in [5, 5.41) is 4.55. The van der Waals surface area contributed by atoms with E-state index in [9.17, 15) is 22.8 Å². The zero-order valence-electron chi connectivity index (χ0n) is 12.4. The summed E-state index contributed by atoms with van der Waals surface area (Å²) < 4.78 is 39.3. The molecule has 0 radical (unpaired) electrons. The molecule has 0 heterocycles. The Morgan fingerprint density at radius 2 is 1.91 bits per heavy atom. The van der Waals surface area contributed by atoms with E-state index in [4.69, 9.17) is 5.73 Å². The molecule has 2 atom stereocenters. The molecule has 0 unspecified atom stereocenters. The van der Waals surface area contributed by atoms with Crippen LogP contribution in [0.4, 0.5) is 18.9 Å². The maximum absolute atomic E-state index is 13.4. The lowest BCUT2D eigenvalue weighted by molar-refractivity contribution is -0.128. The first kappa shape index (κ1) is 17.3. The van der Waals surface area contributed by atoms with E-state index in [1.807, 2.05) is 0 Å². The highest BCUT2D eigenvalue weighted by Crippen LogP contribution is 2.30. The van der Waals surface area contributed by atoms with Gasteiger partial charge in [-0.15, -0.1) is 0 Å². The molecule has 0 saturated heterocycles. The molecule has 1 aliphatic carbocycles. The van der Waals surface area contributed by atoms with Gasteiger partial charge in [-0.05, 0) is 37.4 Å². The molecule has 1 saturated carbocycles. The van der Waals surface area contributed by atoms with E-state index in [0.717, 1.165) is 18.9 Å². The third kappa shape index (κ3) is 4.01. The van der Waals surface area contributed by atoms with Crippen LogP contribution < -0.4 is 16.4 Å². The fraction of sp³-hybridized carbons (Fsp3) is 0.467. The number of rotatable bonds is 5. The molecule has 1 fully saturated rings. The second kappa shape index (κ2) is 7.45. The number of nitrogens with one attached hydrogen (secondary N) is 2. The van der Waals surface area contributed by atoms with Crippen molar-refractivity contribution in [1.29, 1.82) is 0 Å². The Hall–Kier alpha value is -2.09. The van der Waals surface area contributed by atoms with Crippen LogP contribution in [0.2, 0.25) is 0 Å². The van der Waals surface area contributed by atoms with Gasteiger partial charge in [0.2, 0.25) is 11.8 Å². The fourth-order valence-corrected chi connectivity index (χ4v) is 2.78. The molecule has 5 nitrogen and oxygen atoms in total. The number of halogens is 3. The van der Waals surface area contributed by atoms with Gasteiger partial charge in [-0.25, -0.2) is 13.2 Å². The number of carbonyl (C=O) groups excluding carboxylic acids is 2. The number of anilines is 1. The van der Waals surface area contributed by atoms with Crippen LogP contribution >= 0.6 is 0 Å². The zero-order chi connectivity index (χ0) is 17.0. The molecule has 8 heteroatoms. The topological polar surface area (TPSA) is 84.2 Å². The lowest BCUT2D eigenvalue weighted by Crippen LogP contribution is -2.39. The van der Waals surface area contributed by atoms with E-state index in [1.165, 1.54) is 0 Å². The molecule has 0 aliphatic heterocycles. The molecule has 1 aromatic carbocycles. The molecule has 23 heavy (non-hydrogen) atoms. The van der Waals surface area contributed by atoms with Gasteiger partial charge in [-0.2, -0.15) is 0 Å². The average Bonchev–Trinajstić information content (AvgIpc) is 3.02. The van der Waals surface area contributed by atoms with Gasteiger partial charge in [0.25, 0.3) is 0 Å². The van der Waals surface area contributed by atoms with Crippen LogP contribution in [0.3, 0.4) is 0 Å². The predicted molar refractivity (Wildman–Crippen MR) is 77.8 cm³/mol. The minimum Gasteiger partial charge on any atom is -0.347 e. The Kier molecular flexibility index (Phi) is 5.59. The van der Waals surface area contributed by atoms with Crippen molar-refractivity contribution in [2.24, 2.45) is 17.6 Å². The van der Waals surface area contributed by atoms with Crippen molar-refractivity contribution in [2.45, 2.75) is 19.3 Å². The summed E-state index contributed by atoms with van der Waals surface area (Å²) in [4.78, 5) is 23.7. The SMILES string of the molecule is NC[C@H]1CCC[C@H]1C(=O)NCC(=O)Nc1ccc(F)c(F)c1F. The Morgan fingerprint density at radius 3 is 2.61 bits per heavy atom. The van der Waals surface area contributed by atoms with Crippen molar-refractivity contribution in [2.75, 3.05) is 18.4 Å². The van der Waals surface area contributed by atoms with Crippen molar-refractivity contribution in [3.63, 3.8) is 0 Å². The van der Waals surface area contributed by atoms with Gasteiger partial charge in [-0.3, -0.25) is 9.59 Å². The van der Waals surface area contributed by atoms with Crippen LogP contribution in [0.25, 0.3) is 0 Å². The normalized spacial score (nSPS) is 20.3. The summed E-state index contributed by atoms with van der Waals surface area (Å²) in [5.41, 5.74) is 5.11. The maximum Gasteiger partial charge on any atom is 0.243 e. The van der Waals surface area contributed by atoms with Crippen molar-refractivity contribution in [3.8, 4) is 0 Å². The number of carbonyl (C=O) groups is 2. The zero-order valence-corrected chi connectivity index (χ0v) is 12.4. The van der Waals surface area contributed by atoms with Gasteiger partial charge in [0, 0.05) is 5.92 Å². The Bertz CT molecular complexity index is 610. The highest BCUT2D eigenvalue weighted by atomic mass is 19.2. The van der Waals surface area contributed by atoms with Crippen LogP contribution in [-0.4, -0.2) is 24.9 Å². The van der Waals surface area contributed by atoms with Crippen molar-refractivity contribution in [1.82, 2.24) is 5.32 Å². The molecular formula is C15H18F3N3O2. The number of amides is 2. The predicted octanol–water partition coefficient (Wildman–Crippen LogP) is 1.53. The van der Waals surface area contributed by atoms with Crippen LogP contribution in [-0.2, 0) is 9.59 Å². The Labute approximate surface area is 131 Å². The lowest BCUT2D eigenvalue weighted by atomic mass is 9.95. The Morgan fingerprint density at radius 1 is 1.17 bits per heavy atom. The maximum atomic E-state index is 13.4. The summed E-state index contributed by atoms with van der Waals surface area (Å²) in [7, 11) is 0. The Balaban J connectivity index is 1.88. The van der Waals surface area contributed by atoms with Crippen LogP contribution in [0.15, 0.2) is 12.1 Å². The van der Waals surface area contributed by atoms with E-state index < -0.39 is 29.0 Å². The van der Waals surface area contributed by atoms with Gasteiger partial charge >= 0.3 is 0 Å². The summed E-state index contributed by atoms with van der Waals surface area (Å²) in [6, 6.07) is 1.62. The van der Waals surface area contributed by atoms with E-state index in [-0.39, 0.29) is 24.3 Å². The van der Waals surface area contributed by atoms with Crippen molar-refractivity contribution in [3.05, 3.63) is 29.6 Å². The van der Waals surface area contributed by atoms with Gasteiger partial charge < -0.3 is 16.4 Å². The van der Waals surface area contributed by atoms with Crippen molar-refractivity contribution >= 4 is 17.5 Å². The monoisotopic (exact) mass is 329 g/mol. The molecule has 0 spiro atoms. The molecule has 0 bridgehead atoms. The summed E-state index contributed by atoms with van der Waals surface area (Å²) in [6.07, 6.45) is 2.50. The van der Waals surface area contributed by atoms with E-state index in [1.54, 1.807) is 0 Å². The second-order valence-electron chi connectivity index (χ2n) is 5.52. The van der Waals surface area contributed by atoms with E-state index in [0.29, 0.717) is 19.0 Å². The molecule has 2 amide bonds. The first-order chi connectivity index (χ1) is 10.9. The summed E-state index contributed by atoms with van der Waals surface area (Å²) >= 11 is 0. The van der Waals surface area contributed by atoms with E-state index in [2.05, 4.69) is 10.6 Å². The minimum atomic E-state index is -1.66. The summed E-state index contributed by atoms with van der Waals surface area (Å²) in [6.45, 7) is 0.0232. The molecule has 1 aromatic rings. The molecule has 2 rings (SSSR count). The number of hydrogen-bond donors (Lipinski definition) is 3. The summed E-state index contributed by atoms with van der Waals surface area (Å²) in [5.74, 6) is -5.63. The second-order valence-corrected chi connectivity index (χ2v) is 5.52. The molecule has 126 valence electrons. The third-order valence-electron chi connectivity index (χ3n) is 4.03. The van der Waals surface area contributed by atoms with E-state index >= 15 is 0 Å². The van der Waals surface area contributed by atoms with Crippen LogP contribution in [0, 0.1) is 29.3 Å². The third-order valence-corrected chi connectivity index (χ3v) is 4.03. The largest absolute Gasteiger partial charge is 0.347 e. The number of hydrogen-bond acceptors (Lipinski definition) is 3. The van der Waals surface area contributed by atoms with Gasteiger partial charge in [-0.1, -0.05) is 6.42 Å². The van der Waals surface area contributed by atoms with Crippen molar-refractivity contribution < 1.29 is 22.8 Å². The highest BCUT2D eigenvalue weighted by molar-refractivity contribution is 5.95. The quantitative estimate of drug-likeness (QED) is 0.716.